The van der Waals surface area contributed by atoms with Crippen LogP contribution in [0.2, 0.25) is 0 Å². The number of aryl methyl sites for hydroxylation is 1. The van der Waals surface area contributed by atoms with Crippen molar-refractivity contribution < 1.29 is 4.79 Å². The Morgan fingerprint density at radius 1 is 1.29 bits per heavy atom. The Bertz CT molecular complexity index is 831. The number of nitrogens with one attached hydrogen (secondary N) is 2. The van der Waals surface area contributed by atoms with Crippen molar-refractivity contribution in [2.45, 2.75) is 44.1 Å². The fourth-order valence-corrected chi connectivity index (χ4v) is 4.60. The molecule has 0 spiro atoms. The smallest absolute Gasteiger partial charge is 0.221 e. The maximum atomic E-state index is 12.6. The van der Waals surface area contributed by atoms with E-state index in [1.807, 2.05) is 29.9 Å². The van der Waals surface area contributed by atoms with E-state index < -0.39 is 0 Å². The molecule has 4 rings (SSSR count). The standard InChI is InChI=1S/C19H21N3OS/c23-17(8-7-14-13-21-16-6-2-1-5-15(14)16)22-19(9-3-4-10-19)18-20-11-12-24-18/h1-2,5-6,11-13,21H,3-4,7-10H2,(H,22,23). The zero-order chi connectivity index (χ0) is 16.4. The molecule has 5 heteroatoms. The summed E-state index contributed by atoms with van der Waals surface area (Å²) >= 11 is 1.65. The molecular weight excluding hydrogens is 318 g/mol. The lowest BCUT2D eigenvalue weighted by molar-refractivity contribution is -0.123. The molecule has 1 saturated carbocycles. The van der Waals surface area contributed by atoms with E-state index in [0.29, 0.717) is 6.42 Å². The molecule has 0 saturated heterocycles. The topological polar surface area (TPSA) is 57.8 Å². The van der Waals surface area contributed by atoms with E-state index in [9.17, 15) is 4.79 Å². The molecule has 124 valence electrons. The number of carbonyl (C=O) groups excluding carboxylic acids is 1. The van der Waals surface area contributed by atoms with Gasteiger partial charge in [-0.05, 0) is 30.9 Å². The number of H-pyrrole nitrogens is 1. The van der Waals surface area contributed by atoms with Gasteiger partial charge in [-0.2, -0.15) is 0 Å². The summed E-state index contributed by atoms with van der Waals surface area (Å²) in [7, 11) is 0. The Kier molecular flexibility index (Phi) is 4.10. The first kappa shape index (κ1) is 15.4. The first-order valence-electron chi connectivity index (χ1n) is 8.53. The summed E-state index contributed by atoms with van der Waals surface area (Å²) in [6, 6.07) is 8.23. The highest BCUT2D eigenvalue weighted by Gasteiger charge is 2.39. The average Bonchev–Trinajstić information content (AvgIpc) is 3.34. The van der Waals surface area contributed by atoms with Crippen molar-refractivity contribution in [1.82, 2.24) is 15.3 Å². The van der Waals surface area contributed by atoms with Gasteiger partial charge in [0.05, 0.1) is 5.54 Å². The lowest BCUT2D eigenvalue weighted by atomic mass is 9.97. The van der Waals surface area contributed by atoms with Crippen molar-refractivity contribution in [3.63, 3.8) is 0 Å². The van der Waals surface area contributed by atoms with Gasteiger partial charge >= 0.3 is 0 Å². The number of carbonyl (C=O) groups is 1. The van der Waals surface area contributed by atoms with Crippen molar-refractivity contribution in [3.8, 4) is 0 Å². The third kappa shape index (κ3) is 2.84. The molecule has 1 fully saturated rings. The molecule has 1 aliphatic carbocycles. The van der Waals surface area contributed by atoms with Crippen LogP contribution >= 0.6 is 11.3 Å². The molecule has 0 unspecified atom stereocenters. The van der Waals surface area contributed by atoms with Gasteiger partial charge in [0.2, 0.25) is 5.91 Å². The minimum Gasteiger partial charge on any atom is -0.361 e. The number of amides is 1. The highest BCUT2D eigenvalue weighted by atomic mass is 32.1. The van der Waals surface area contributed by atoms with Crippen molar-refractivity contribution in [3.05, 3.63) is 52.6 Å². The molecule has 0 bridgehead atoms. The van der Waals surface area contributed by atoms with Gasteiger partial charge < -0.3 is 10.3 Å². The van der Waals surface area contributed by atoms with Crippen LogP contribution in [0.4, 0.5) is 0 Å². The van der Waals surface area contributed by atoms with Gasteiger partial charge in [-0.25, -0.2) is 4.98 Å². The van der Waals surface area contributed by atoms with Crippen LogP contribution in [-0.4, -0.2) is 15.9 Å². The fraction of sp³-hybridized carbons (Fsp3) is 0.368. The second-order valence-corrected chi connectivity index (χ2v) is 7.43. The third-order valence-corrected chi connectivity index (χ3v) is 5.95. The summed E-state index contributed by atoms with van der Waals surface area (Å²) in [5.74, 6) is 0.123. The van der Waals surface area contributed by atoms with E-state index >= 15 is 0 Å². The maximum absolute atomic E-state index is 12.6. The van der Waals surface area contributed by atoms with E-state index in [4.69, 9.17) is 0 Å². The van der Waals surface area contributed by atoms with Crippen LogP contribution in [0.15, 0.2) is 42.0 Å². The summed E-state index contributed by atoms with van der Waals surface area (Å²) in [4.78, 5) is 20.3. The Morgan fingerprint density at radius 2 is 2.12 bits per heavy atom. The van der Waals surface area contributed by atoms with E-state index in [2.05, 4.69) is 27.4 Å². The normalized spacial score (nSPS) is 16.5. The largest absolute Gasteiger partial charge is 0.361 e. The zero-order valence-electron chi connectivity index (χ0n) is 13.5. The van der Waals surface area contributed by atoms with Crippen LogP contribution < -0.4 is 5.32 Å². The minimum absolute atomic E-state index is 0.123. The number of benzene rings is 1. The van der Waals surface area contributed by atoms with Crippen molar-refractivity contribution >= 4 is 28.1 Å². The van der Waals surface area contributed by atoms with Crippen LogP contribution in [0, 0.1) is 0 Å². The van der Waals surface area contributed by atoms with Crippen LogP contribution in [0.1, 0.15) is 42.7 Å². The van der Waals surface area contributed by atoms with Crippen LogP contribution in [-0.2, 0) is 16.8 Å². The Balaban J connectivity index is 1.44. The molecule has 1 aromatic carbocycles. The molecule has 2 aromatic heterocycles. The highest BCUT2D eigenvalue weighted by molar-refractivity contribution is 7.09. The number of hydrogen-bond donors (Lipinski definition) is 2. The first-order valence-corrected chi connectivity index (χ1v) is 9.41. The number of nitrogens with zero attached hydrogens (tertiary/aromatic N) is 1. The summed E-state index contributed by atoms with van der Waals surface area (Å²) < 4.78 is 0. The second-order valence-electron chi connectivity index (χ2n) is 6.53. The Morgan fingerprint density at radius 3 is 2.92 bits per heavy atom. The molecule has 2 heterocycles. The van der Waals surface area contributed by atoms with Crippen LogP contribution in [0.5, 0.6) is 0 Å². The number of aromatic amines is 1. The van der Waals surface area contributed by atoms with Crippen LogP contribution in [0.25, 0.3) is 10.9 Å². The van der Waals surface area contributed by atoms with Gasteiger partial charge in [0.15, 0.2) is 0 Å². The molecule has 24 heavy (non-hydrogen) atoms. The second kappa shape index (κ2) is 6.40. The number of hydrogen-bond acceptors (Lipinski definition) is 3. The van der Waals surface area contributed by atoms with Gasteiger partial charge in [-0.3, -0.25) is 4.79 Å². The van der Waals surface area contributed by atoms with E-state index in [0.717, 1.165) is 42.6 Å². The van der Waals surface area contributed by atoms with Gasteiger partial charge in [-0.15, -0.1) is 11.3 Å². The van der Waals surface area contributed by atoms with Gasteiger partial charge in [0, 0.05) is 35.1 Å². The van der Waals surface area contributed by atoms with Crippen molar-refractivity contribution in [2.75, 3.05) is 0 Å². The first-order chi connectivity index (χ1) is 11.8. The predicted molar refractivity (Wildman–Crippen MR) is 97.0 cm³/mol. The van der Waals surface area contributed by atoms with Gasteiger partial charge in [-0.1, -0.05) is 31.0 Å². The highest BCUT2D eigenvalue weighted by Crippen LogP contribution is 2.39. The zero-order valence-corrected chi connectivity index (χ0v) is 14.4. The summed E-state index contributed by atoms with van der Waals surface area (Å²) in [5.41, 5.74) is 2.10. The number of fused-ring (bicyclic) bond motifs is 1. The summed E-state index contributed by atoms with van der Waals surface area (Å²) in [6.45, 7) is 0. The third-order valence-electron chi connectivity index (χ3n) is 4.97. The number of thiazole rings is 1. The van der Waals surface area contributed by atoms with Gasteiger partial charge in [0.1, 0.15) is 5.01 Å². The Labute approximate surface area is 145 Å². The monoisotopic (exact) mass is 339 g/mol. The molecule has 1 amide bonds. The van der Waals surface area contributed by atoms with E-state index in [-0.39, 0.29) is 11.4 Å². The minimum atomic E-state index is -0.231. The summed E-state index contributed by atoms with van der Waals surface area (Å²) in [6.07, 6.45) is 9.42. The summed E-state index contributed by atoms with van der Waals surface area (Å²) in [5, 5.41) is 7.56. The van der Waals surface area contributed by atoms with Gasteiger partial charge in [0.25, 0.3) is 0 Å². The molecule has 1 aliphatic rings. The SMILES string of the molecule is O=C(CCc1c[nH]c2ccccc12)NC1(c2nccs2)CCCC1. The average molecular weight is 339 g/mol. The lowest BCUT2D eigenvalue weighted by Crippen LogP contribution is -2.43. The quantitative estimate of drug-likeness (QED) is 0.734. The molecule has 3 aromatic rings. The Hall–Kier alpha value is -2.14. The maximum Gasteiger partial charge on any atom is 0.221 e. The molecular formula is C19H21N3OS. The van der Waals surface area contributed by atoms with Crippen molar-refractivity contribution in [1.29, 1.82) is 0 Å². The molecule has 2 N–H and O–H groups in total. The van der Waals surface area contributed by atoms with E-state index in [1.54, 1.807) is 11.3 Å². The number of para-hydroxylation sites is 1. The van der Waals surface area contributed by atoms with Crippen LogP contribution in [0.3, 0.4) is 0 Å². The number of rotatable bonds is 5. The van der Waals surface area contributed by atoms with E-state index in [1.165, 1.54) is 10.9 Å². The molecule has 0 atom stereocenters. The molecule has 4 nitrogen and oxygen atoms in total. The molecule has 0 radical (unpaired) electrons. The fourth-order valence-electron chi connectivity index (χ4n) is 3.75. The number of aromatic nitrogens is 2. The van der Waals surface area contributed by atoms with Crippen molar-refractivity contribution in [2.24, 2.45) is 0 Å². The predicted octanol–water partition coefficient (Wildman–Crippen LogP) is 4.14. The lowest BCUT2D eigenvalue weighted by Gasteiger charge is -2.28. The molecule has 0 aliphatic heterocycles.